The number of halogens is 5. The van der Waals surface area contributed by atoms with Crippen LogP contribution in [-0.2, 0) is 4.79 Å². The fourth-order valence-corrected chi connectivity index (χ4v) is 2.84. The van der Waals surface area contributed by atoms with Crippen LogP contribution in [0.1, 0.15) is 20.7 Å². The molecule has 1 aliphatic heterocycles. The van der Waals surface area contributed by atoms with Crippen LogP contribution in [-0.4, -0.2) is 35.5 Å². The van der Waals surface area contributed by atoms with Gasteiger partial charge in [-0.1, -0.05) is 23.2 Å². The van der Waals surface area contributed by atoms with E-state index < -0.39 is 36.4 Å². The van der Waals surface area contributed by atoms with E-state index in [0.717, 1.165) is 12.1 Å². The number of nitrogens with one attached hydrogen (secondary N) is 1. The van der Waals surface area contributed by atoms with Gasteiger partial charge >= 0.3 is 6.36 Å². The number of amides is 3. The van der Waals surface area contributed by atoms with Crippen molar-refractivity contribution in [1.29, 1.82) is 0 Å². The number of alkyl halides is 3. The Morgan fingerprint density at radius 2 is 1.50 bits per heavy atom. The zero-order chi connectivity index (χ0) is 20.6. The lowest BCUT2D eigenvalue weighted by Crippen LogP contribution is -2.37. The van der Waals surface area contributed by atoms with E-state index in [-0.39, 0.29) is 26.9 Å². The van der Waals surface area contributed by atoms with Crippen LogP contribution in [0.5, 0.6) is 5.75 Å². The van der Waals surface area contributed by atoms with Crippen LogP contribution >= 0.6 is 23.2 Å². The van der Waals surface area contributed by atoms with E-state index >= 15 is 0 Å². The maximum atomic E-state index is 12.3. The molecule has 28 heavy (non-hydrogen) atoms. The third kappa shape index (κ3) is 4.20. The number of hydrogen-bond acceptors (Lipinski definition) is 4. The molecule has 0 radical (unpaired) electrons. The van der Waals surface area contributed by atoms with Crippen molar-refractivity contribution in [2.24, 2.45) is 0 Å². The predicted molar refractivity (Wildman–Crippen MR) is 93.6 cm³/mol. The molecule has 1 heterocycles. The summed E-state index contributed by atoms with van der Waals surface area (Å²) in [6.45, 7) is -0.595. The summed E-state index contributed by atoms with van der Waals surface area (Å²) in [6, 6.07) is 6.87. The Kier molecular flexibility index (Phi) is 5.22. The Morgan fingerprint density at radius 1 is 1.00 bits per heavy atom. The second-order valence-corrected chi connectivity index (χ2v) is 6.44. The van der Waals surface area contributed by atoms with Gasteiger partial charge in [-0.25, -0.2) is 0 Å². The highest BCUT2D eigenvalue weighted by Gasteiger charge is 2.37. The van der Waals surface area contributed by atoms with E-state index in [2.05, 4.69) is 10.1 Å². The van der Waals surface area contributed by atoms with Crippen molar-refractivity contribution in [3.05, 3.63) is 57.6 Å². The van der Waals surface area contributed by atoms with E-state index in [1.165, 1.54) is 24.3 Å². The molecule has 0 aromatic heterocycles. The minimum absolute atomic E-state index is 0.0286. The van der Waals surface area contributed by atoms with Crippen molar-refractivity contribution in [2.75, 3.05) is 11.9 Å². The van der Waals surface area contributed by atoms with Gasteiger partial charge in [0.25, 0.3) is 11.8 Å². The molecule has 0 fully saturated rings. The summed E-state index contributed by atoms with van der Waals surface area (Å²) in [5, 5.41) is 2.56. The molecule has 0 unspecified atom stereocenters. The topological polar surface area (TPSA) is 75.7 Å². The van der Waals surface area contributed by atoms with Crippen LogP contribution in [0.15, 0.2) is 36.4 Å². The summed E-state index contributed by atoms with van der Waals surface area (Å²) in [4.78, 5) is 37.5. The lowest BCUT2D eigenvalue weighted by molar-refractivity contribution is -0.274. The van der Waals surface area contributed by atoms with Crippen LogP contribution in [0.4, 0.5) is 18.9 Å². The van der Waals surface area contributed by atoms with Crippen LogP contribution in [0, 0.1) is 0 Å². The van der Waals surface area contributed by atoms with E-state index in [1.54, 1.807) is 0 Å². The monoisotopic (exact) mass is 432 g/mol. The Hall–Kier alpha value is -2.78. The number of ether oxygens (including phenoxy) is 1. The molecule has 0 aliphatic carbocycles. The molecular weight excluding hydrogens is 424 g/mol. The zero-order valence-corrected chi connectivity index (χ0v) is 15.2. The zero-order valence-electron chi connectivity index (χ0n) is 13.6. The molecule has 11 heteroatoms. The Balaban J connectivity index is 1.67. The summed E-state index contributed by atoms with van der Waals surface area (Å²) in [5.41, 5.74) is 0.212. The number of nitrogens with zero attached hydrogens (tertiary/aromatic N) is 1. The van der Waals surface area contributed by atoms with Gasteiger partial charge in [-0.3, -0.25) is 19.3 Å². The average molecular weight is 433 g/mol. The van der Waals surface area contributed by atoms with Gasteiger partial charge < -0.3 is 10.1 Å². The first-order chi connectivity index (χ1) is 13.0. The van der Waals surface area contributed by atoms with E-state index in [0.29, 0.717) is 4.90 Å². The van der Waals surface area contributed by atoms with Gasteiger partial charge in [0.1, 0.15) is 12.3 Å². The van der Waals surface area contributed by atoms with Gasteiger partial charge in [0.05, 0.1) is 21.2 Å². The van der Waals surface area contributed by atoms with E-state index in [1.807, 2.05) is 0 Å². The summed E-state index contributed by atoms with van der Waals surface area (Å²) < 4.78 is 40.1. The fourth-order valence-electron chi connectivity index (χ4n) is 2.51. The fraction of sp³-hybridized carbons (Fsp3) is 0.118. The second-order valence-electron chi connectivity index (χ2n) is 5.63. The molecule has 3 amide bonds. The highest BCUT2D eigenvalue weighted by Crippen LogP contribution is 2.31. The molecule has 0 saturated carbocycles. The van der Waals surface area contributed by atoms with Crippen LogP contribution in [0.25, 0.3) is 0 Å². The maximum Gasteiger partial charge on any atom is 0.573 e. The van der Waals surface area contributed by atoms with Gasteiger partial charge in [0.15, 0.2) is 0 Å². The van der Waals surface area contributed by atoms with E-state index in [9.17, 15) is 27.6 Å². The van der Waals surface area contributed by atoms with Crippen molar-refractivity contribution in [3.63, 3.8) is 0 Å². The summed E-state index contributed by atoms with van der Waals surface area (Å²) >= 11 is 11.7. The number of benzene rings is 2. The number of rotatable bonds is 4. The summed E-state index contributed by atoms with van der Waals surface area (Å²) in [6.07, 6.45) is -4.83. The smallest absolute Gasteiger partial charge is 0.406 e. The summed E-state index contributed by atoms with van der Waals surface area (Å²) in [7, 11) is 0. The molecule has 146 valence electrons. The summed E-state index contributed by atoms with van der Waals surface area (Å²) in [5.74, 6) is -2.60. The molecule has 1 aliphatic rings. The largest absolute Gasteiger partial charge is 0.573 e. The highest BCUT2D eigenvalue weighted by atomic mass is 35.5. The van der Waals surface area contributed by atoms with Crippen LogP contribution < -0.4 is 10.1 Å². The number of hydrogen-bond donors (Lipinski definition) is 1. The second kappa shape index (κ2) is 7.33. The molecule has 1 N–H and O–H groups in total. The van der Waals surface area contributed by atoms with Crippen LogP contribution in [0.3, 0.4) is 0 Å². The number of imide groups is 1. The molecule has 0 saturated heterocycles. The minimum Gasteiger partial charge on any atom is -0.406 e. The van der Waals surface area contributed by atoms with Crippen molar-refractivity contribution in [1.82, 2.24) is 4.90 Å². The van der Waals surface area contributed by atoms with Crippen molar-refractivity contribution >= 4 is 46.6 Å². The minimum atomic E-state index is -4.83. The van der Waals surface area contributed by atoms with Gasteiger partial charge in [-0.15, -0.1) is 13.2 Å². The van der Waals surface area contributed by atoms with Crippen LogP contribution in [0.2, 0.25) is 10.0 Å². The number of fused-ring (bicyclic) bond motifs is 1. The molecule has 0 spiro atoms. The average Bonchev–Trinajstić information content (AvgIpc) is 2.81. The van der Waals surface area contributed by atoms with Gasteiger partial charge in [-0.05, 0) is 36.4 Å². The SMILES string of the molecule is O=C(CN1C(=O)c2cc(Cl)c(Cl)cc2C1=O)Nc1ccc(OC(F)(F)F)cc1. The molecular formula is C17H9Cl2F3N2O4. The molecule has 6 nitrogen and oxygen atoms in total. The quantitative estimate of drug-likeness (QED) is 0.737. The van der Waals surface area contributed by atoms with Crippen molar-refractivity contribution in [3.8, 4) is 5.75 Å². The molecule has 3 rings (SSSR count). The normalized spacial score (nSPS) is 13.5. The number of carbonyl (C=O) groups excluding carboxylic acids is 3. The Labute approximate surface area is 165 Å². The van der Waals surface area contributed by atoms with Crippen molar-refractivity contribution in [2.45, 2.75) is 6.36 Å². The van der Waals surface area contributed by atoms with E-state index in [4.69, 9.17) is 23.2 Å². The highest BCUT2D eigenvalue weighted by molar-refractivity contribution is 6.43. The van der Waals surface area contributed by atoms with Crippen molar-refractivity contribution < 1.29 is 32.3 Å². The standard InChI is InChI=1S/C17H9Cl2F3N2O4/c18-12-5-10-11(6-13(12)19)16(27)24(15(10)26)7-14(25)23-8-1-3-9(4-2-8)28-17(20,21)22/h1-6H,7H2,(H,23,25). The number of anilines is 1. The lowest BCUT2D eigenvalue weighted by atomic mass is 10.1. The molecule has 2 aromatic carbocycles. The van der Waals surface area contributed by atoms with Gasteiger partial charge in [0, 0.05) is 5.69 Å². The lowest BCUT2D eigenvalue weighted by Gasteiger charge is -2.14. The maximum absolute atomic E-state index is 12.3. The third-order valence-corrected chi connectivity index (χ3v) is 4.41. The first-order valence-electron chi connectivity index (χ1n) is 7.56. The molecule has 0 bridgehead atoms. The van der Waals surface area contributed by atoms with Gasteiger partial charge in [-0.2, -0.15) is 0 Å². The molecule has 0 atom stereocenters. The molecule has 2 aromatic rings. The predicted octanol–water partition coefficient (Wildman–Crippen LogP) is 4.13. The van der Waals surface area contributed by atoms with Gasteiger partial charge in [0.2, 0.25) is 5.91 Å². The Bertz CT molecular complexity index is 937. The first-order valence-corrected chi connectivity index (χ1v) is 8.31. The number of carbonyl (C=O) groups is 3. The Morgan fingerprint density at radius 3 is 1.96 bits per heavy atom. The first kappa shape index (κ1) is 20.0. The third-order valence-electron chi connectivity index (χ3n) is 3.68.